The Labute approximate surface area is 94.1 Å². The van der Waals surface area contributed by atoms with Crippen molar-refractivity contribution >= 4 is 11.8 Å². The second-order valence-electron chi connectivity index (χ2n) is 3.91. The summed E-state index contributed by atoms with van der Waals surface area (Å²) in [6.07, 6.45) is 0.975. The Hall–Kier alpha value is -1.56. The third-order valence-corrected chi connectivity index (χ3v) is 2.78. The van der Waals surface area contributed by atoms with Crippen LogP contribution in [0.5, 0.6) is 5.88 Å². The molecule has 6 nitrogen and oxygen atoms in total. The standard InChI is InChI=1S/C10H16N4O2/c1-16-9-4-8(12-10(11)13-9)14-3-2-7(5-14)6-15/h4,7,15H,2-3,5-6H2,1H3,(H2,11,12,13). The van der Waals surface area contributed by atoms with E-state index in [2.05, 4.69) is 14.9 Å². The SMILES string of the molecule is COc1cc(N2CCC(CO)C2)nc(N)n1. The molecular weight excluding hydrogens is 208 g/mol. The van der Waals surface area contributed by atoms with Crippen molar-refractivity contribution in [2.24, 2.45) is 5.92 Å². The molecule has 1 fully saturated rings. The van der Waals surface area contributed by atoms with E-state index < -0.39 is 0 Å². The number of aliphatic hydroxyl groups excluding tert-OH is 1. The fraction of sp³-hybridized carbons (Fsp3) is 0.600. The van der Waals surface area contributed by atoms with Gasteiger partial charge < -0.3 is 20.5 Å². The molecule has 1 atom stereocenters. The number of ether oxygens (including phenoxy) is 1. The minimum atomic E-state index is 0.210. The first-order valence-electron chi connectivity index (χ1n) is 5.27. The van der Waals surface area contributed by atoms with Crippen LogP contribution in [0.4, 0.5) is 11.8 Å². The molecule has 1 unspecified atom stereocenters. The predicted molar refractivity (Wildman–Crippen MR) is 60.4 cm³/mol. The van der Waals surface area contributed by atoms with E-state index in [-0.39, 0.29) is 12.6 Å². The highest BCUT2D eigenvalue weighted by Gasteiger charge is 2.23. The van der Waals surface area contributed by atoms with Crippen molar-refractivity contribution in [3.05, 3.63) is 6.07 Å². The molecule has 0 saturated carbocycles. The highest BCUT2D eigenvalue weighted by Crippen LogP contribution is 2.24. The summed E-state index contributed by atoms with van der Waals surface area (Å²) >= 11 is 0. The molecule has 0 aliphatic carbocycles. The molecule has 3 N–H and O–H groups in total. The van der Waals surface area contributed by atoms with Gasteiger partial charge in [0.15, 0.2) is 0 Å². The lowest BCUT2D eigenvalue weighted by atomic mass is 10.1. The molecule has 0 amide bonds. The van der Waals surface area contributed by atoms with Crippen LogP contribution < -0.4 is 15.4 Å². The fourth-order valence-electron chi connectivity index (χ4n) is 1.89. The predicted octanol–water partition coefficient (Wildman–Crippen LogP) is -0.114. The number of methoxy groups -OCH3 is 1. The van der Waals surface area contributed by atoms with E-state index in [0.29, 0.717) is 11.8 Å². The number of hydrogen-bond acceptors (Lipinski definition) is 6. The van der Waals surface area contributed by atoms with Gasteiger partial charge in [-0.2, -0.15) is 9.97 Å². The highest BCUT2D eigenvalue weighted by molar-refractivity contribution is 5.46. The number of anilines is 2. The number of aliphatic hydroxyl groups is 1. The molecular formula is C10H16N4O2. The number of nitrogen functional groups attached to an aromatic ring is 1. The van der Waals surface area contributed by atoms with E-state index in [0.717, 1.165) is 25.3 Å². The molecule has 1 aliphatic heterocycles. The summed E-state index contributed by atoms with van der Waals surface area (Å²) in [5, 5.41) is 9.08. The van der Waals surface area contributed by atoms with Gasteiger partial charge in [0.1, 0.15) is 5.82 Å². The Morgan fingerprint density at radius 3 is 3.06 bits per heavy atom. The van der Waals surface area contributed by atoms with E-state index >= 15 is 0 Å². The van der Waals surface area contributed by atoms with Gasteiger partial charge >= 0.3 is 0 Å². The summed E-state index contributed by atoms with van der Waals surface area (Å²) in [4.78, 5) is 10.2. The number of hydrogen-bond donors (Lipinski definition) is 2. The number of rotatable bonds is 3. The Morgan fingerprint density at radius 1 is 1.62 bits per heavy atom. The van der Waals surface area contributed by atoms with Crippen LogP contribution in [-0.4, -0.2) is 41.9 Å². The first-order valence-corrected chi connectivity index (χ1v) is 5.27. The average molecular weight is 224 g/mol. The summed E-state index contributed by atoms with van der Waals surface area (Å²) in [7, 11) is 1.55. The second-order valence-corrected chi connectivity index (χ2v) is 3.91. The zero-order valence-electron chi connectivity index (χ0n) is 9.26. The largest absolute Gasteiger partial charge is 0.481 e. The summed E-state index contributed by atoms with van der Waals surface area (Å²) in [6.45, 7) is 1.90. The lowest BCUT2D eigenvalue weighted by Gasteiger charge is -2.17. The molecule has 1 saturated heterocycles. The minimum Gasteiger partial charge on any atom is -0.481 e. The second kappa shape index (κ2) is 4.52. The molecule has 88 valence electrons. The first-order chi connectivity index (χ1) is 7.72. The van der Waals surface area contributed by atoms with Crippen LogP contribution in [0, 0.1) is 5.92 Å². The van der Waals surface area contributed by atoms with Gasteiger partial charge in [-0.3, -0.25) is 0 Å². The monoisotopic (exact) mass is 224 g/mol. The number of aromatic nitrogens is 2. The summed E-state index contributed by atoms with van der Waals surface area (Å²) < 4.78 is 5.04. The lowest BCUT2D eigenvalue weighted by Crippen LogP contribution is -2.22. The molecule has 16 heavy (non-hydrogen) atoms. The zero-order chi connectivity index (χ0) is 11.5. The van der Waals surface area contributed by atoms with Crippen molar-refractivity contribution in [2.75, 3.05) is 37.4 Å². The van der Waals surface area contributed by atoms with E-state index in [1.54, 1.807) is 13.2 Å². The number of nitrogens with two attached hydrogens (primary N) is 1. The van der Waals surface area contributed by atoms with Gasteiger partial charge in [0.05, 0.1) is 7.11 Å². The molecule has 2 rings (SSSR count). The third-order valence-electron chi connectivity index (χ3n) is 2.78. The van der Waals surface area contributed by atoms with E-state index in [9.17, 15) is 0 Å². The fourth-order valence-corrected chi connectivity index (χ4v) is 1.89. The normalized spacial score (nSPS) is 20.1. The molecule has 1 aromatic rings. The van der Waals surface area contributed by atoms with Crippen molar-refractivity contribution in [3.8, 4) is 5.88 Å². The van der Waals surface area contributed by atoms with Crippen molar-refractivity contribution in [3.63, 3.8) is 0 Å². The van der Waals surface area contributed by atoms with Gasteiger partial charge in [-0.25, -0.2) is 0 Å². The van der Waals surface area contributed by atoms with E-state index in [1.807, 2.05) is 0 Å². The van der Waals surface area contributed by atoms with Crippen LogP contribution in [0.3, 0.4) is 0 Å². The molecule has 6 heteroatoms. The first kappa shape index (κ1) is 10.9. The Bertz CT molecular complexity index is 372. The zero-order valence-corrected chi connectivity index (χ0v) is 9.26. The maximum absolute atomic E-state index is 9.08. The molecule has 2 heterocycles. The highest BCUT2D eigenvalue weighted by atomic mass is 16.5. The van der Waals surface area contributed by atoms with Gasteiger partial charge in [-0.15, -0.1) is 0 Å². The minimum absolute atomic E-state index is 0.210. The molecule has 0 aromatic carbocycles. The lowest BCUT2D eigenvalue weighted by molar-refractivity contribution is 0.238. The third kappa shape index (κ3) is 2.16. The van der Waals surface area contributed by atoms with Gasteiger partial charge in [0.25, 0.3) is 0 Å². The van der Waals surface area contributed by atoms with Crippen molar-refractivity contribution in [1.29, 1.82) is 0 Å². The van der Waals surface area contributed by atoms with Crippen molar-refractivity contribution in [2.45, 2.75) is 6.42 Å². The molecule has 1 aromatic heterocycles. The van der Waals surface area contributed by atoms with Gasteiger partial charge in [-0.1, -0.05) is 0 Å². The summed E-state index contributed by atoms with van der Waals surface area (Å²) in [6, 6.07) is 1.76. The van der Waals surface area contributed by atoms with Crippen LogP contribution in [0.2, 0.25) is 0 Å². The molecule has 0 bridgehead atoms. The number of nitrogens with zero attached hydrogens (tertiary/aromatic N) is 3. The Morgan fingerprint density at radius 2 is 2.44 bits per heavy atom. The van der Waals surface area contributed by atoms with Crippen LogP contribution in [-0.2, 0) is 0 Å². The topological polar surface area (TPSA) is 84.5 Å². The van der Waals surface area contributed by atoms with Crippen molar-refractivity contribution < 1.29 is 9.84 Å². The van der Waals surface area contributed by atoms with Crippen LogP contribution >= 0.6 is 0 Å². The Balaban J connectivity index is 2.17. The molecule has 0 radical (unpaired) electrons. The van der Waals surface area contributed by atoms with E-state index in [1.165, 1.54) is 0 Å². The van der Waals surface area contributed by atoms with Gasteiger partial charge in [-0.05, 0) is 6.42 Å². The quantitative estimate of drug-likeness (QED) is 0.745. The van der Waals surface area contributed by atoms with Crippen LogP contribution in [0.1, 0.15) is 6.42 Å². The van der Waals surface area contributed by atoms with Gasteiger partial charge in [0, 0.05) is 31.7 Å². The van der Waals surface area contributed by atoms with Gasteiger partial charge in [0.2, 0.25) is 11.8 Å². The molecule has 1 aliphatic rings. The summed E-state index contributed by atoms with van der Waals surface area (Å²) in [5.41, 5.74) is 5.59. The van der Waals surface area contributed by atoms with Crippen LogP contribution in [0.15, 0.2) is 6.07 Å². The van der Waals surface area contributed by atoms with E-state index in [4.69, 9.17) is 15.6 Å². The molecule has 0 spiro atoms. The summed E-state index contributed by atoms with van der Waals surface area (Å²) in [5.74, 6) is 1.76. The maximum Gasteiger partial charge on any atom is 0.225 e. The smallest absolute Gasteiger partial charge is 0.225 e. The van der Waals surface area contributed by atoms with Crippen molar-refractivity contribution in [1.82, 2.24) is 9.97 Å². The Kier molecular flexibility index (Phi) is 3.09. The average Bonchev–Trinajstić information content (AvgIpc) is 2.76. The van der Waals surface area contributed by atoms with Crippen LogP contribution in [0.25, 0.3) is 0 Å². The maximum atomic E-state index is 9.08.